The predicted molar refractivity (Wildman–Crippen MR) is 82.0 cm³/mol. The summed E-state index contributed by atoms with van der Waals surface area (Å²) in [5.74, 6) is 0. The van der Waals surface area contributed by atoms with Crippen molar-refractivity contribution in [2.75, 3.05) is 5.32 Å². The molecule has 0 aliphatic heterocycles. The monoisotopic (exact) mass is 283 g/mol. The van der Waals surface area contributed by atoms with Crippen LogP contribution < -0.4 is 5.32 Å². The van der Waals surface area contributed by atoms with Crippen LogP contribution in [0.4, 0.5) is 5.69 Å². The van der Waals surface area contributed by atoms with Gasteiger partial charge in [0.15, 0.2) is 0 Å². The Morgan fingerprint density at radius 2 is 2.30 bits per heavy atom. The van der Waals surface area contributed by atoms with Crippen LogP contribution in [0.5, 0.6) is 0 Å². The maximum Gasteiger partial charge on any atom is 0.103 e. The number of anilines is 1. The SMILES string of the molecule is Cc1cc(NC2CCCc3sccc32)c(C#N)c(C)n1. The molecule has 2 heterocycles. The third-order valence-electron chi connectivity index (χ3n) is 3.82. The summed E-state index contributed by atoms with van der Waals surface area (Å²) in [7, 11) is 0. The fourth-order valence-electron chi connectivity index (χ4n) is 2.91. The molecular weight excluding hydrogens is 266 g/mol. The number of aromatic nitrogens is 1. The molecule has 0 bridgehead atoms. The highest BCUT2D eigenvalue weighted by Gasteiger charge is 2.22. The molecule has 1 aliphatic rings. The Bertz CT molecular complexity index is 682. The van der Waals surface area contributed by atoms with Crippen LogP contribution in [0.15, 0.2) is 17.5 Å². The molecule has 1 atom stereocenters. The van der Waals surface area contributed by atoms with E-state index in [-0.39, 0.29) is 0 Å². The topological polar surface area (TPSA) is 48.7 Å². The van der Waals surface area contributed by atoms with Gasteiger partial charge in [-0.3, -0.25) is 4.98 Å². The average molecular weight is 283 g/mol. The van der Waals surface area contributed by atoms with Gasteiger partial charge >= 0.3 is 0 Å². The largest absolute Gasteiger partial charge is 0.377 e. The van der Waals surface area contributed by atoms with E-state index < -0.39 is 0 Å². The van der Waals surface area contributed by atoms with Crippen molar-refractivity contribution in [3.8, 4) is 6.07 Å². The van der Waals surface area contributed by atoms with Gasteiger partial charge < -0.3 is 5.32 Å². The molecular formula is C16H17N3S. The number of hydrogen-bond donors (Lipinski definition) is 1. The van der Waals surface area contributed by atoms with Crippen molar-refractivity contribution in [2.24, 2.45) is 0 Å². The Hall–Kier alpha value is -1.86. The Balaban J connectivity index is 1.96. The van der Waals surface area contributed by atoms with Crippen LogP contribution in [-0.4, -0.2) is 4.98 Å². The van der Waals surface area contributed by atoms with Crippen molar-refractivity contribution >= 4 is 17.0 Å². The Labute approximate surface area is 123 Å². The number of aryl methyl sites for hydroxylation is 3. The van der Waals surface area contributed by atoms with Gasteiger partial charge in [0.1, 0.15) is 6.07 Å². The molecule has 4 heteroatoms. The standard InChI is InChI=1S/C16H17N3S/c1-10-8-15(13(9-17)11(2)18-10)19-14-4-3-5-16-12(14)6-7-20-16/h6-8,14H,3-5H2,1-2H3,(H,18,19). The fraction of sp³-hybridized carbons (Fsp3) is 0.375. The third kappa shape index (κ3) is 2.30. The van der Waals surface area contributed by atoms with Crippen molar-refractivity contribution in [1.29, 1.82) is 5.26 Å². The molecule has 3 rings (SSSR count). The van der Waals surface area contributed by atoms with E-state index in [9.17, 15) is 5.26 Å². The second kappa shape index (κ2) is 5.26. The van der Waals surface area contributed by atoms with Crippen molar-refractivity contribution in [3.63, 3.8) is 0 Å². The molecule has 0 aromatic carbocycles. The van der Waals surface area contributed by atoms with Crippen molar-refractivity contribution in [3.05, 3.63) is 44.9 Å². The van der Waals surface area contributed by atoms with Gasteiger partial charge in [-0.1, -0.05) is 0 Å². The Morgan fingerprint density at radius 3 is 3.10 bits per heavy atom. The Morgan fingerprint density at radius 1 is 1.45 bits per heavy atom. The van der Waals surface area contributed by atoms with E-state index in [1.165, 1.54) is 23.3 Å². The lowest BCUT2D eigenvalue weighted by Gasteiger charge is -2.25. The van der Waals surface area contributed by atoms with Gasteiger partial charge in [-0.05, 0) is 56.2 Å². The summed E-state index contributed by atoms with van der Waals surface area (Å²) in [4.78, 5) is 5.85. The lowest BCUT2D eigenvalue weighted by atomic mass is 9.93. The first-order valence-corrected chi connectivity index (χ1v) is 7.78. The molecule has 0 saturated heterocycles. The predicted octanol–water partition coefficient (Wildman–Crippen LogP) is 4.12. The highest BCUT2D eigenvalue weighted by Crippen LogP contribution is 2.36. The first-order valence-electron chi connectivity index (χ1n) is 6.90. The van der Waals surface area contributed by atoms with Crippen LogP contribution in [-0.2, 0) is 6.42 Å². The third-order valence-corrected chi connectivity index (χ3v) is 4.82. The van der Waals surface area contributed by atoms with Crippen LogP contribution in [0, 0.1) is 25.2 Å². The number of nitrogens with zero attached hydrogens (tertiary/aromatic N) is 2. The van der Waals surface area contributed by atoms with Gasteiger partial charge in [0.2, 0.25) is 0 Å². The molecule has 1 aliphatic carbocycles. The number of nitrogens with one attached hydrogen (secondary N) is 1. The second-order valence-corrected chi connectivity index (χ2v) is 6.27. The highest BCUT2D eigenvalue weighted by molar-refractivity contribution is 7.10. The normalized spacial score (nSPS) is 17.4. The quantitative estimate of drug-likeness (QED) is 0.902. The summed E-state index contributed by atoms with van der Waals surface area (Å²) in [5.41, 5.74) is 4.73. The first-order chi connectivity index (χ1) is 9.69. The van der Waals surface area contributed by atoms with Crippen molar-refractivity contribution in [1.82, 2.24) is 4.98 Å². The van der Waals surface area contributed by atoms with Gasteiger partial charge in [0.05, 0.1) is 23.0 Å². The number of rotatable bonds is 2. The minimum Gasteiger partial charge on any atom is -0.377 e. The summed E-state index contributed by atoms with van der Waals surface area (Å²) in [6.07, 6.45) is 3.51. The zero-order valence-corrected chi connectivity index (χ0v) is 12.5. The van der Waals surface area contributed by atoms with Crippen LogP contribution in [0.3, 0.4) is 0 Å². The fourth-order valence-corrected chi connectivity index (χ4v) is 3.90. The van der Waals surface area contributed by atoms with E-state index in [1.807, 2.05) is 31.3 Å². The van der Waals surface area contributed by atoms with E-state index in [1.54, 1.807) is 0 Å². The highest BCUT2D eigenvalue weighted by atomic mass is 32.1. The molecule has 0 amide bonds. The molecule has 20 heavy (non-hydrogen) atoms. The zero-order chi connectivity index (χ0) is 14.1. The summed E-state index contributed by atoms with van der Waals surface area (Å²) >= 11 is 1.84. The summed E-state index contributed by atoms with van der Waals surface area (Å²) < 4.78 is 0. The number of fused-ring (bicyclic) bond motifs is 1. The minimum atomic E-state index is 0.318. The average Bonchev–Trinajstić information content (AvgIpc) is 2.87. The maximum atomic E-state index is 9.35. The lowest BCUT2D eigenvalue weighted by molar-refractivity contribution is 0.608. The molecule has 0 spiro atoms. The molecule has 3 nitrogen and oxygen atoms in total. The summed E-state index contributed by atoms with van der Waals surface area (Å²) in [6.45, 7) is 3.86. The van der Waals surface area contributed by atoms with Crippen molar-refractivity contribution in [2.45, 2.75) is 39.2 Å². The first kappa shape index (κ1) is 13.1. The van der Waals surface area contributed by atoms with E-state index in [0.717, 1.165) is 23.5 Å². The lowest BCUT2D eigenvalue weighted by Crippen LogP contribution is -2.16. The molecule has 0 radical (unpaired) electrons. The summed E-state index contributed by atoms with van der Waals surface area (Å²) in [6, 6.07) is 6.78. The molecule has 0 saturated carbocycles. The van der Waals surface area contributed by atoms with Gasteiger partial charge in [-0.2, -0.15) is 5.26 Å². The number of thiophene rings is 1. The number of pyridine rings is 1. The minimum absolute atomic E-state index is 0.318. The van der Waals surface area contributed by atoms with E-state index in [0.29, 0.717) is 11.6 Å². The molecule has 2 aromatic rings. The molecule has 0 fully saturated rings. The van der Waals surface area contributed by atoms with Gasteiger partial charge in [0, 0.05) is 10.6 Å². The smallest absolute Gasteiger partial charge is 0.103 e. The molecule has 2 aromatic heterocycles. The van der Waals surface area contributed by atoms with Gasteiger partial charge in [-0.25, -0.2) is 0 Å². The van der Waals surface area contributed by atoms with Crippen molar-refractivity contribution < 1.29 is 0 Å². The van der Waals surface area contributed by atoms with Crippen LogP contribution in [0.25, 0.3) is 0 Å². The Kier molecular flexibility index (Phi) is 3.45. The second-order valence-electron chi connectivity index (χ2n) is 5.27. The molecule has 1 unspecified atom stereocenters. The van der Waals surface area contributed by atoms with Crippen LogP contribution in [0.2, 0.25) is 0 Å². The zero-order valence-electron chi connectivity index (χ0n) is 11.7. The summed E-state index contributed by atoms with van der Waals surface area (Å²) in [5, 5.41) is 15.1. The van der Waals surface area contributed by atoms with Gasteiger partial charge in [-0.15, -0.1) is 11.3 Å². The van der Waals surface area contributed by atoms with Crippen LogP contribution in [0.1, 0.15) is 46.3 Å². The van der Waals surface area contributed by atoms with Crippen LogP contribution >= 0.6 is 11.3 Å². The molecule has 102 valence electrons. The molecule has 1 N–H and O–H groups in total. The maximum absolute atomic E-state index is 9.35. The van der Waals surface area contributed by atoms with E-state index in [2.05, 4.69) is 27.8 Å². The van der Waals surface area contributed by atoms with Gasteiger partial charge in [0.25, 0.3) is 0 Å². The van der Waals surface area contributed by atoms with E-state index in [4.69, 9.17) is 0 Å². The number of hydrogen-bond acceptors (Lipinski definition) is 4. The number of nitriles is 1. The van der Waals surface area contributed by atoms with E-state index >= 15 is 0 Å².